The minimum atomic E-state index is -3.93. The van der Waals surface area contributed by atoms with Crippen LogP contribution in [0.15, 0.2) is 70.4 Å². The molecule has 1 fully saturated rings. The lowest BCUT2D eigenvalue weighted by Gasteiger charge is -2.37. The molecule has 6 nitrogen and oxygen atoms in total. The highest BCUT2D eigenvalue weighted by molar-refractivity contribution is 7.92. The number of anilines is 2. The minimum Gasteiger partial charge on any atom is -0.472 e. The Labute approximate surface area is 175 Å². The van der Waals surface area contributed by atoms with Crippen molar-refractivity contribution in [2.45, 2.75) is 30.8 Å². The lowest BCUT2D eigenvalue weighted by molar-refractivity contribution is 0.407. The Morgan fingerprint density at radius 3 is 2.37 bits per heavy atom. The van der Waals surface area contributed by atoms with E-state index in [4.69, 9.17) is 4.42 Å². The van der Waals surface area contributed by atoms with Crippen molar-refractivity contribution in [2.75, 3.05) is 22.7 Å². The Morgan fingerprint density at radius 1 is 1.03 bits per heavy atom. The molecule has 2 atom stereocenters. The number of hydrogen-bond acceptors (Lipinski definition) is 5. The van der Waals surface area contributed by atoms with Crippen molar-refractivity contribution < 1.29 is 17.2 Å². The van der Waals surface area contributed by atoms with E-state index in [0.29, 0.717) is 0 Å². The van der Waals surface area contributed by atoms with E-state index in [1.54, 1.807) is 42.9 Å². The molecule has 2 N–H and O–H groups in total. The molecule has 2 aromatic carbocycles. The Morgan fingerprint density at radius 2 is 1.73 bits per heavy atom. The lowest BCUT2D eigenvalue weighted by Crippen LogP contribution is -2.54. The zero-order chi connectivity index (χ0) is 21.3. The highest BCUT2D eigenvalue weighted by Gasteiger charge is 2.23. The number of halogens is 1. The van der Waals surface area contributed by atoms with Gasteiger partial charge in [-0.1, -0.05) is 12.1 Å². The van der Waals surface area contributed by atoms with Crippen molar-refractivity contribution in [1.29, 1.82) is 0 Å². The van der Waals surface area contributed by atoms with E-state index in [0.717, 1.165) is 29.9 Å². The van der Waals surface area contributed by atoms with Crippen LogP contribution < -0.4 is 14.9 Å². The molecular weight excluding hydrogens is 405 g/mol. The third-order valence-corrected chi connectivity index (χ3v) is 6.52. The summed E-state index contributed by atoms with van der Waals surface area (Å²) in [5.74, 6) is -0.617. The van der Waals surface area contributed by atoms with Crippen LogP contribution in [0.5, 0.6) is 0 Å². The molecule has 0 amide bonds. The molecule has 2 heterocycles. The molecule has 158 valence electrons. The van der Waals surface area contributed by atoms with Crippen molar-refractivity contribution >= 4 is 21.4 Å². The summed E-state index contributed by atoms with van der Waals surface area (Å²) in [5, 5.41) is 3.45. The van der Waals surface area contributed by atoms with E-state index < -0.39 is 15.8 Å². The van der Waals surface area contributed by atoms with Crippen LogP contribution in [0.3, 0.4) is 0 Å². The molecule has 0 spiro atoms. The number of nitrogens with one attached hydrogen (secondary N) is 2. The first kappa shape index (κ1) is 20.4. The Kier molecular flexibility index (Phi) is 5.53. The fourth-order valence-electron chi connectivity index (χ4n) is 3.78. The minimum absolute atomic E-state index is 0.0592. The number of hydrogen-bond donors (Lipinski definition) is 2. The predicted octanol–water partition coefficient (Wildman–Crippen LogP) is 4.07. The number of nitrogens with zero attached hydrogens (tertiary/aromatic N) is 1. The fraction of sp³-hybridized carbons (Fsp3) is 0.273. The smallest absolute Gasteiger partial charge is 0.261 e. The maximum atomic E-state index is 14.4. The summed E-state index contributed by atoms with van der Waals surface area (Å²) < 4.78 is 47.5. The Bertz CT molecular complexity index is 1110. The molecule has 1 aliphatic rings. The summed E-state index contributed by atoms with van der Waals surface area (Å²) in [5.41, 5.74) is 2.40. The van der Waals surface area contributed by atoms with Gasteiger partial charge in [-0.2, -0.15) is 0 Å². The van der Waals surface area contributed by atoms with Crippen molar-refractivity contribution in [2.24, 2.45) is 0 Å². The van der Waals surface area contributed by atoms with Gasteiger partial charge in [0.25, 0.3) is 10.0 Å². The van der Waals surface area contributed by atoms with Crippen LogP contribution in [0.2, 0.25) is 0 Å². The molecule has 0 bridgehead atoms. The van der Waals surface area contributed by atoms with E-state index in [2.05, 4.69) is 28.8 Å². The van der Waals surface area contributed by atoms with Crippen LogP contribution >= 0.6 is 0 Å². The van der Waals surface area contributed by atoms with Gasteiger partial charge in [-0.15, -0.1) is 0 Å². The van der Waals surface area contributed by atoms with E-state index in [1.165, 1.54) is 18.2 Å². The van der Waals surface area contributed by atoms with Crippen molar-refractivity contribution in [3.05, 3.63) is 66.9 Å². The van der Waals surface area contributed by atoms with Crippen molar-refractivity contribution in [1.82, 2.24) is 5.32 Å². The molecule has 8 heteroatoms. The van der Waals surface area contributed by atoms with Crippen LogP contribution in [-0.2, 0) is 10.0 Å². The van der Waals surface area contributed by atoms with E-state index >= 15 is 0 Å². The number of sulfonamides is 1. The van der Waals surface area contributed by atoms with Gasteiger partial charge in [0.05, 0.1) is 23.1 Å². The van der Waals surface area contributed by atoms with Gasteiger partial charge in [-0.05, 0) is 55.8 Å². The zero-order valence-electron chi connectivity index (χ0n) is 16.8. The molecule has 4 rings (SSSR count). The summed E-state index contributed by atoms with van der Waals surface area (Å²) in [4.78, 5) is 2.19. The monoisotopic (exact) mass is 429 g/mol. The summed E-state index contributed by atoms with van der Waals surface area (Å²) in [6.45, 7) is 5.70. The number of piperazine rings is 1. The molecule has 0 aliphatic carbocycles. The second kappa shape index (κ2) is 8.12. The SMILES string of the molecule is C[C@@H]1CN(c2ccc(F)c(NS(=O)(=O)c3ccc(-c4ccoc4)cc3)c2)C[C@H](C)N1. The largest absolute Gasteiger partial charge is 0.472 e. The van der Waals surface area contributed by atoms with Gasteiger partial charge < -0.3 is 14.6 Å². The summed E-state index contributed by atoms with van der Waals surface area (Å²) in [6.07, 6.45) is 3.14. The van der Waals surface area contributed by atoms with E-state index in [9.17, 15) is 12.8 Å². The fourth-order valence-corrected chi connectivity index (χ4v) is 4.84. The first-order valence-electron chi connectivity index (χ1n) is 9.78. The summed E-state index contributed by atoms with van der Waals surface area (Å²) in [6, 6.07) is 13.3. The number of benzene rings is 2. The second-order valence-corrected chi connectivity index (χ2v) is 9.36. The van der Waals surface area contributed by atoms with Crippen LogP contribution in [0.4, 0.5) is 15.8 Å². The van der Waals surface area contributed by atoms with E-state index in [-0.39, 0.29) is 22.7 Å². The second-order valence-electron chi connectivity index (χ2n) is 7.68. The molecule has 0 radical (unpaired) electrons. The zero-order valence-corrected chi connectivity index (χ0v) is 17.6. The maximum Gasteiger partial charge on any atom is 0.261 e. The molecule has 1 aliphatic heterocycles. The van der Waals surface area contributed by atoms with Crippen molar-refractivity contribution in [3.63, 3.8) is 0 Å². The predicted molar refractivity (Wildman–Crippen MR) is 116 cm³/mol. The first-order valence-corrected chi connectivity index (χ1v) is 11.3. The van der Waals surface area contributed by atoms with Crippen molar-refractivity contribution in [3.8, 4) is 11.1 Å². The number of furan rings is 1. The van der Waals surface area contributed by atoms with Gasteiger partial charge in [0, 0.05) is 36.4 Å². The maximum absolute atomic E-state index is 14.4. The third-order valence-electron chi connectivity index (χ3n) is 5.14. The van der Waals surface area contributed by atoms with Gasteiger partial charge in [0.1, 0.15) is 5.82 Å². The Hall–Kier alpha value is -2.84. The average molecular weight is 430 g/mol. The molecule has 30 heavy (non-hydrogen) atoms. The van der Waals surface area contributed by atoms with E-state index in [1.807, 2.05) is 0 Å². The van der Waals surface area contributed by atoms with Gasteiger partial charge in [0.2, 0.25) is 0 Å². The molecule has 0 unspecified atom stereocenters. The van der Waals surface area contributed by atoms with Crippen LogP contribution in [0.1, 0.15) is 13.8 Å². The standard InChI is InChI=1S/C22H24FN3O3S/c1-15-12-26(13-16(2)24-15)19-5-8-21(23)22(11-19)25-30(27,28)20-6-3-17(4-7-20)18-9-10-29-14-18/h3-11,14-16,24-25H,12-13H2,1-2H3/t15-,16+. The molecule has 3 aromatic rings. The molecule has 1 saturated heterocycles. The summed E-state index contributed by atoms with van der Waals surface area (Å²) in [7, 11) is -3.93. The topological polar surface area (TPSA) is 74.6 Å². The quantitative estimate of drug-likeness (QED) is 0.640. The normalized spacial score (nSPS) is 19.6. The highest BCUT2D eigenvalue weighted by atomic mass is 32.2. The Balaban J connectivity index is 1.57. The van der Waals surface area contributed by atoms with Gasteiger partial charge in [-0.25, -0.2) is 12.8 Å². The molecular formula is C22H24FN3O3S. The number of rotatable bonds is 5. The van der Waals surface area contributed by atoms with Crippen LogP contribution in [0, 0.1) is 5.82 Å². The summed E-state index contributed by atoms with van der Waals surface area (Å²) >= 11 is 0. The first-order chi connectivity index (χ1) is 14.3. The van der Waals surface area contributed by atoms with Crippen LogP contribution in [0.25, 0.3) is 11.1 Å². The molecule has 0 saturated carbocycles. The van der Waals surface area contributed by atoms with Gasteiger partial charge in [0.15, 0.2) is 0 Å². The van der Waals surface area contributed by atoms with Gasteiger partial charge in [-0.3, -0.25) is 4.72 Å². The lowest BCUT2D eigenvalue weighted by atomic mass is 10.1. The van der Waals surface area contributed by atoms with Crippen LogP contribution in [-0.4, -0.2) is 33.6 Å². The third kappa shape index (κ3) is 4.34. The highest BCUT2D eigenvalue weighted by Crippen LogP contribution is 2.27. The van der Waals surface area contributed by atoms with Gasteiger partial charge >= 0.3 is 0 Å². The molecule has 1 aromatic heterocycles. The average Bonchev–Trinajstić information content (AvgIpc) is 3.24.